The third-order valence-electron chi connectivity index (χ3n) is 2.60. The average Bonchev–Trinajstić information content (AvgIpc) is 2.28. The first-order valence-corrected chi connectivity index (χ1v) is 6.29. The summed E-state index contributed by atoms with van der Waals surface area (Å²) in [5, 5.41) is 8.70. The fourth-order valence-electron chi connectivity index (χ4n) is 1.56. The highest BCUT2D eigenvalue weighted by atomic mass is 19.2. The number of carbonyl (C=O) groups is 1. The van der Waals surface area contributed by atoms with E-state index in [0.29, 0.717) is 13.1 Å². The second-order valence-electron chi connectivity index (χ2n) is 4.13. The molecule has 0 saturated carbocycles. The zero-order valence-electron chi connectivity index (χ0n) is 10.3. The molecule has 3 nitrogen and oxygen atoms in total. The summed E-state index contributed by atoms with van der Waals surface area (Å²) in [5.41, 5.74) is 0. The summed E-state index contributed by atoms with van der Waals surface area (Å²) < 4.78 is 12.8. The van der Waals surface area contributed by atoms with Crippen molar-refractivity contribution in [3.8, 4) is 0 Å². The Balaban J connectivity index is 0.000000385. The van der Waals surface area contributed by atoms with Gasteiger partial charge in [0.15, 0.2) is 0 Å². The van der Waals surface area contributed by atoms with E-state index >= 15 is 0 Å². The number of hydrogen-bond donors (Lipinski definition) is 1. The van der Waals surface area contributed by atoms with Crippen molar-refractivity contribution in [2.45, 2.75) is 58.3 Å². The minimum absolute atomic E-state index is 0.222. The third-order valence-corrected chi connectivity index (χ3v) is 2.60. The Kier molecular flexibility index (Phi) is 10.4. The van der Waals surface area contributed by atoms with E-state index in [1.807, 2.05) is 0 Å². The van der Waals surface area contributed by atoms with Crippen molar-refractivity contribution in [1.82, 2.24) is 5.12 Å². The summed E-state index contributed by atoms with van der Waals surface area (Å²) in [6, 6.07) is 0. The summed E-state index contributed by atoms with van der Waals surface area (Å²) in [7, 11) is 0. The van der Waals surface area contributed by atoms with Crippen LogP contribution in [0, 0.1) is 0 Å². The maximum atomic E-state index is 12.8. The number of aliphatic carboxylic acids is 1. The molecule has 1 aliphatic rings. The lowest BCUT2D eigenvalue weighted by Crippen LogP contribution is -2.16. The van der Waals surface area contributed by atoms with Gasteiger partial charge in [-0.1, -0.05) is 39.0 Å². The van der Waals surface area contributed by atoms with E-state index in [1.54, 1.807) is 6.92 Å². The highest BCUT2D eigenvalue weighted by Crippen LogP contribution is 2.11. The highest BCUT2D eigenvalue weighted by molar-refractivity contribution is 5.66. The molecule has 4 heteroatoms. The van der Waals surface area contributed by atoms with Crippen LogP contribution in [0.25, 0.3) is 0 Å². The summed E-state index contributed by atoms with van der Waals surface area (Å²) >= 11 is 0. The summed E-state index contributed by atoms with van der Waals surface area (Å²) in [6.07, 6.45) is 8.67. The smallest absolute Gasteiger partial charge is 0.303 e. The average molecular weight is 233 g/mol. The van der Waals surface area contributed by atoms with Crippen molar-refractivity contribution in [2.75, 3.05) is 13.1 Å². The Morgan fingerprint density at radius 3 is 1.69 bits per heavy atom. The van der Waals surface area contributed by atoms with Crippen molar-refractivity contribution in [1.29, 1.82) is 0 Å². The lowest BCUT2D eigenvalue weighted by molar-refractivity contribution is -0.136. The largest absolute Gasteiger partial charge is 0.481 e. The number of carboxylic acids is 1. The molecule has 0 bridgehead atoms. The van der Waals surface area contributed by atoms with E-state index in [9.17, 15) is 9.28 Å². The Hall–Kier alpha value is -0.640. The van der Waals surface area contributed by atoms with Gasteiger partial charge in [-0.25, -0.2) is 0 Å². The first kappa shape index (κ1) is 15.4. The molecule has 1 fully saturated rings. The molecule has 0 aromatic carbocycles. The van der Waals surface area contributed by atoms with E-state index in [0.717, 1.165) is 18.0 Å². The van der Waals surface area contributed by atoms with Gasteiger partial charge in [-0.2, -0.15) is 0 Å². The normalized spacial score (nSPS) is 19.4. The maximum absolute atomic E-state index is 12.8. The van der Waals surface area contributed by atoms with Crippen LogP contribution >= 0.6 is 0 Å². The van der Waals surface area contributed by atoms with Gasteiger partial charge in [0.25, 0.3) is 0 Å². The van der Waals surface area contributed by atoms with Crippen molar-refractivity contribution < 1.29 is 14.4 Å². The molecule has 1 rings (SSSR count). The molecule has 0 atom stereocenters. The van der Waals surface area contributed by atoms with E-state index in [4.69, 9.17) is 5.11 Å². The molecule has 96 valence electrons. The summed E-state index contributed by atoms with van der Waals surface area (Å²) in [6.45, 7) is 2.91. The van der Waals surface area contributed by atoms with Crippen molar-refractivity contribution in [2.24, 2.45) is 0 Å². The number of rotatable bonds is 1. The number of halogens is 1. The number of nitrogens with zero attached hydrogens (tertiary/aromatic N) is 1. The van der Waals surface area contributed by atoms with Crippen LogP contribution in [0.2, 0.25) is 0 Å². The van der Waals surface area contributed by atoms with Gasteiger partial charge < -0.3 is 5.11 Å². The Morgan fingerprint density at radius 2 is 1.38 bits per heavy atom. The van der Waals surface area contributed by atoms with Crippen LogP contribution in [-0.2, 0) is 4.79 Å². The topological polar surface area (TPSA) is 40.5 Å². The van der Waals surface area contributed by atoms with E-state index in [1.165, 1.54) is 32.1 Å². The van der Waals surface area contributed by atoms with Crippen LogP contribution < -0.4 is 0 Å². The first-order chi connectivity index (χ1) is 7.66. The predicted octanol–water partition coefficient (Wildman–Crippen LogP) is 3.40. The molecule has 0 unspecified atom stereocenters. The SMILES string of the molecule is CCC(=O)O.FN1CCCCCCCCC1. The molecule has 1 heterocycles. The van der Waals surface area contributed by atoms with Crippen molar-refractivity contribution >= 4 is 5.97 Å². The molecule has 0 radical (unpaired) electrons. The van der Waals surface area contributed by atoms with E-state index < -0.39 is 5.97 Å². The van der Waals surface area contributed by atoms with Crippen LogP contribution in [0.1, 0.15) is 58.3 Å². The molecular formula is C12H24FNO2. The number of hydrogen-bond acceptors (Lipinski definition) is 2. The van der Waals surface area contributed by atoms with Crippen LogP contribution in [0.4, 0.5) is 4.48 Å². The lowest BCUT2D eigenvalue weighted by atomic mass is 10.1. The maximum Gasteiger partial charge on any atom is 0.303 e. The third kappa shape index (κ3) is 11.4. The van der Waals surface area contributed by atoms with Gasteiger partial charge in [0, 0.05) is 19.5 Å². The molecule has 1 aliphatic heterocycles. The van der Waals surface area contributed by atoms with E-state index in [2.05, 4.69) is 0 Å². The van der Waals surface area contributed by atoms with Crippen LogP contribution in [0.15, 0.2) is 0 Å². The van der Waals surface area contributed by atoms with Gasteiger partial charge in [0.1, 0.15) is 0 Å². The first-order valence-electron chi connectivity index (χ1n) is 6.29. The van der Waals surface area contributed by atoms with Gasteiger partial charge in [-0.15, -0.1) is 9.60 Å². The van der Waals surface area contributed by atoms with Gasteiger partial charge in [0.2, 0.25) is 0 Å². The number of carboxylic acid groups (broad SMARTS) is 1. The van der Waals surface area contributed by atoms with Gasteiger partial charge in [-0.3, -0.25) is 4.79 Å². The fraction of sp³-hybridized carbons (Fsp3) is 0.917. The highest BCUT2D eigenvalue weighted by Gasteiger charge is 2.03. The van der Waals surface area contributed by atoms with E-state index in [-0.39, 0.29) is 6.42 Å². The van der Waals surface area contributed by atoms with Crippen molar-refractivity contribution in [3.05, 3.63) is 0 Å². The predicted molar refractivity (Wildman–Crippen MR) is 62.9 cm³/mol. The van der Waals surface area contributed by atoms with Crippen LogP contribution in [0.3, 0.4) is 0 Å². The second-order valence-corrected chi connectivity index (χ2v) is 4.13. The molecule has 1 N–H and O–H groups in total. The van der Waals surface area contributed by atoms with Gasteiger partial charge in [0.05, 0.1) is 0 Å². The Labute approximate surface area is 97.6 Å². The minimum atomic E-state index is -0.745. The van der Waals surface area contributed by atoms with Gasteiger partial charge in [-0.05, 0) is 12.8 Å². The fourth-order valence-corrected chi connectivity index (χ4v) is 1.56. The van der Waals surface area contributed by atoms with Crippen LogP contribution in [-0.4, -0.2) is 29.3 Å². The standard InChI is InChI=1S/C9H18FN.C3H6O2/c10-11-8-6-4-2-1-3-5-7-9-11;1-2-3(4)5/h1-9H2;2H2,1H3,(H,4,5). The zero-order chi connectivity index (χ0) is 12.2. The molecule has 1 saturated heterocycles. The Bertz CT molecular complexity index is 166. The quantitative estimate of drug-likeness (QED) is 0.706. The summed E-state index contributed by atoms with van der Waals surface area (Å²) in [5.74, 6) is -0.745. The Morgan fingerprint density at radius 1 is 1.06 bits per heavy atom. The molecule has 0 aromatic rings. The second kappa shape index (κ2) is 10.9. The molecule has 0 spiro atoms. The van der Waals surface area contributed by atoms with Crippen LogP contribution in [0.5, 0.6) is 0 Å². The summed E-state index contributed by atoms with van der Waals surface area (Å²) in [4.78, 5) is 9.37. The van der Waals surface area contributed by atoms with Crippen molar-refractivity contribution in [3.63, 3.8) is 0 Å². The van der Waals surface area contributed by atoms with Gasteiger partial charge >= 0.3 is 5.97 Å². The lowest BCUT2D eigenvalue weighted by Gasteiger charge is -2.13. The molecule has 16 heavy (non-hydrogen) atoms. The molecule has 0 aromatic heterocycles. The molecule has 0 amide bonds. The molecular weight excluding hydrogens is 209 g/mol. The monoisotopic (exact) mass is 233 g/mol. The zero-order valence-corrected chi connectivity index (χ0v) is 10.3. The minimum Gasteiger partial charge on any atom is -0.481 e. The molecule has 0 aliphatic carbocycles.